The summed E-state index contributed by atoms with van der Waals surface area (Å²) in [5.41, 5.74) is 2.67. The molecule has 12 heteroatoms. The lowest BCUT2D eigenvalue weighted by atomic mass is 10.0. The van der Waals surface area contributed by atoms with Crippen LogP contribution in [0.1, 0.15) is 27.0 Å². The number of ether oxygens (including phenoxy) is 3. The van der Waals surface area contributed by atoms with E-state index in [2.05, 4.69) is 32.6 Å². The smallest absolute Gasteiger partial charge is 0.339 e. The molecule has 0 aromatic heterocycles. The van der Waals surface area contributed by atoms with Gasteiger partial charge in [-0.3, -0.25) is 19.3 Å². The molecule has 0 bridgehead atoms. The van der Waals surface area contributed by atoms with Crippen molar-refractivity contribution in [3.05, 3.63) is 104 Å². The predicted molar refractivity (Wildman–Crippen MR) is 169 cm³/mol. The van der Waals surface area contributed by atoms with E-state index in [0.717, 1.165) is 32.3 Å². The van der Waals surface area contributed by atoms with Gasteiger partial charge in [0.05, 0.1) is 29.7 Å². The van der Waals surface area contributed by atoms with Crippen LogP contribution in [0, 0.1) is 0 Å². The Morgan fingerprint density at radius 3 is 2.51 bits per heavy atom. The van der Waals surface area contributed by atoms with Crippen LogP contribution in [0.4, 0.5) is 10.5 Å². The number of carbonyl (C=O) groups excluding carboxylic acids is 4. The maximum absolute atomic E-state index is 13.1. The first-order valence-electron chi connectivity index (χ1n) is 12.8. The highest BCUT2D eigenvalue weighted by Gasteiger charge is 2.36. The number of amides is 3. The van der Waals surface area contributed by atoms with E-state index in [0.29, 0.717) is 30.1 Å². The molecule has 4 rings (SSSR count). The number of methoxy groups -OCH3 is 2. The molecule has 0 radical (unpaired) electrons. The van der Waals surface area contributed by atoms with Gasteiger partial charge in [-0.2, -0.15) is 0 Å². The summed E-state index contributed by atoms with van der Waals surface area (Å²) < 4.78 is 17.4. The Kier molecular flexibility index (Phi) is 10.7. The molecule has 1 N–H and O–H groups in total. The van der Waals surface area contributed by atoms with Gasteiger partial charge in [0.15, 0.2) is 11.5 Å². The minimum Gasteiger partial charge on any atom is -0.493 e. The second-order valence-electron chi connectivity index (χ2n) is 9.12. The van der Waals surface area contributed by atoms with Crippen molar-refractivity contribution < 1.29 is 33.4 Å². The molecular formula is C31H26BrClN2O7S. The molecule has 1 saturated heterocycles. The lowest BCUT2D eigenvalue weighted by molar-refractivity contribution is -0.127. The molecule has 9 nitrogen and oxygen atoms in total. The normalized spacial score (nSPS) is 13.7. The Hall–Kier alpha value is -4.06. The molecule has 1 fully saturated rings. The molecule has 3 aromatic carbocycles. The molecule has 1 aliphatic rings. The molecule has 3 aromatic rings. The molecule has 1 heterocycles. The number of benzene rings is 3. The monoisotopic (exact) mass is 684 g/mol. The number of allylic oxidation sites excluding steroid dienone is 1. The van der Waals surface area contributed by atoms with Gasteiger partial charge in [0, 0.05) is 15.7 Å². The molecular weight excluding hydrogens is 660 g/mol. The van der Waals surface area contributed by atoms with Crippen molar-refractivity contribution in [1.82, 2.24) is 4.90 Å². The van der Waals surface area contributed by atoms with Gasteiger partial charge in [0.25, 0.3) is 11.1 Å². The molecule has 222 valence electrons. The van der Waals surface area contributed by atoms with E-state index in [4.69, 9.17) is 21.1 Å². The van der Waals surface area contributed by atoms with Gasteiger partial charge in [0.1, 0.15) is 13.2 Å². The lowest BCUT2D eigenvalue weighted by Gasteiger charge is -2.16. The van der Waals surface area contributed by atoms with Crippen molar-refractivity contribution in [2.75, 3.05) is 26.1 Å². The topological polar surface area (TPSA) is 111 Å². The average molecular weight is 686 g/mol. The first-order valence-corrected chi connectivity index (χ1v) is 14.7. The van der Waals surface area contributed by atoms with Gasteiger partial charge in [-0.25, -0.2) is 4.79 Å². The number of anilines is 1. The first kappa shape index (κ1) is 31.9. The molecule has 0 spiro atoms. The summed E-state index contributed by atoms with van der Waals surface area (Å²) in [6, 6.07) is 15.6. The third kappa shape index (κ3) is 7.86. The number of imide groups is 1. The minimum atomic E-state index is -0.672. The van der Waals surface area contributed by atoms with E-state index in [1.165, 1.54) is 32.4 Å². The molecule has 0 unspecified atom stereocenters. The Morgan fingerprint density at radius 2 is 1.84 bits per heavy atom. The Bertz CT molecular complexity index is 1630. The lowest BCUT2D eigenvalue weighted by Crippen LogP contribution is -2.36. The van der Waals surface area contributed by atoms with E-state index in [1.807, 2.05) is 30.3 Å². The number of carbonyl (C=O) groups is 4. The number of thioether (sulfide) groups is 1. The Balaban J connectivity index is 1.50. The van der Waals surface area contributed by atoms with E-state index >= 15 is 0 Å². The summed E-state index contributed by atoms with van der Waals surface area (Å²) in [7, 11) is 2.73. The highest BCUT2D eigenvalue weighted by Crippen LogP contribution is 2.37. The SMILES string of the molecule is C=CCc1cc(/C=C2\SC(=O)N(CC(=O)Nc3ccc(Cl)c(C(=O)OC)c3)C2=O)cc(OC)c1OCc1ccc(Br)cc1. The van der Waals surface area contributed by atoms with Crippen LogP contribution < -0.4 is 14.8 Å². The van der Waals surface area contributed by atoms with Crippen molar-refractivity contribution in [3.63, 3.8) is 0 Å². The summed E-state index contributed by atoms with van der Waals surface area (Å²) in [5, 5.41) is 2.13. The fourth-order valence-corrected chi connectivity index (χ4v) is 5.42. The largest absolute Gasteiger partial charge is 0.493 e. The summed E-state index contributed by atoms with van der Waals surface area (Å²) >= 11 is 10.2. The maximum atomic E-state index is 13.1. The minimum absolute atomic E-state index is 0.0621. The maximum Gasteiger partial charge on any atom is 0.339 e. The van der Waals surface area contributed by atoms with Crippen LogP contribution >= 0.6 is 39.3 Å². The zero-order chi connectivity index (χ0) is 31.1. The van der Waals surface area contributed by atoms with Crippen LogP contribution in [0.2, 0.25) is 5.02 Å². The third-order valence-electron chi connectivity index (χ3n) is 6.16. The fourth-order valence-electron chi connectivity index (χ4n) is 4.13. The van der Waals surface area contributed by atoms with Crippen LogP contribution in [0.3, 0.4) is 0 Å². The van der Waals surface area contributed by atoms with E-state index < -0.39 is 29.6 Å². The highest BCUT2D eigenvalue weighted by atomic mass is 79.9. The molecule has 0 atom stereocenters. The average Bonchev–Trinajstić information content (AvgIpc) is 3.24. The van der Waals surface area contributed by atoms with Gasteiger partial charge in [0.2, 0.25) is 5.91 Å². The van der Waals surface area contributed by atoms with E-state index in [9.17, 15) is 19.2 Å². The van der Waals surface area contributed by atoms with Gasteiger partial charge in [-0.1, -0.05) is 45.7 Å². The molecule has 43 heavy (non-hydrogen) atoms. The summed E-state index contributed by atoms with van der Waals surface area (Å²) in [4.78, 5) is 51.4. The van der Waals surface area contributed by atoms with Gasteiger partial charge < -0.3 is 19.5 Å². The second kappa shape index (κ2) is 14.4. The molecule has 0 saturated carbocycles. The molecule has 0 aliphatic carbocycles. The molecule has 3 amide bonds. The number of rotatable bonds is 11. The highest BCUT2D eigenvalue weighted by molar-refractivity contribution is 9.10. The van der Waals surface area contributed by atoms with Gasteiger partial charge in [-0.05, 0) is 77.9 Å². The Morgan fingerprint density at radius 1 is 1.09 bits per heavy atom. The zero-order valence-electron chi connectivity index (χ0n) is 23.1. The van der Waals surface area contributed by atoms with Crippen molar-refractivity contribution in [2.45, 2.75) is 13.0 Å². The van der Waals surface area contributed by atoms with Crippen LogP contribution in [-0.2, 0) is 27.4 Å². The zero-order valence-corrected chi connectivity index (χ0v) is 26.3. The van der Waals surface area contributed by atoms with Crippen LogP contribution in [-0.4, -0.2) is 48.7 Å². The van der Waals surface area contributed by atoms with E-state index in [-0.39, 0.29) is 21.2 Å². The summed E-state index contributed by atoms with van der Waals surface area (Å²) in [6.45, 7) is 3.62. The molecule has 1 aliphatic heterocycles. The second-order valence-corrected chi connectivity index (χ2v) is 11.4. The Labute approximate surface area is 265 Å². The van der Waals surface area contributed by atoms with Crippen molar-refractivity contribution in [3.8, 4) is 11.5 Å². The number of hydrogen-bond acceptors (Lipinski definition) is 8. The number of hydrogen-bond donors (Lipinski definition) is 1. The van der Waals surface area contributed by atoms with Crippen LogP contribution in [0.5, 0.6) is 11.5 Å². The number of nitrogens with one attached hydrogen (secondary N) is 1. The van der Waals surface area contributed by atoms with Crippen LogP contribution in [0.15, 0.2) is 76.6 Å². The van der Waals surface area contributed by atoms with E-state index in [1.54, 1.807) is 18.2 Å². The summed E-state index contributed by atoms with van der Waals surface area (Å²) in [6.07, 6.45) is 3.77. The standard InChI is InChI=1S/C31H26BrClN2O7S/c1-4-5-20-12-19(13-25(40-2)28(20)42-17-18-6-8-21(32)9-7-18)14-26-29(37)35(31(39)43-26)16-27(36)34-22-10-11-24(33)23(15-22)30(38)41-3/h4,6-15H,1,5,16-17H2,2-3H3,(H,34,36)/b26-14-. The first-order chi connectivity index (χ1) is 20.6. The number of halogens is 2. The fraction of sp³-hybridized carbons (Fsp3) is 0.161. The number of nitrogens with zero attached hydrogens (tertiary/aromatic N) is 1. The van der Waals surface area contributed by atoms with Crippen LogP contribution in [0.25, 0.3) is 6.08 Å². The van der Waals surface area contributed by atoms with Gasteiger partial charge in [-0.15, -0.1) is 6.58 Å². The van der Waals surface area contributed by atoms with Crippen molar-refractivity contribution in [1.29, 1.82) is 0 Å². The van der Waals surface area contributed by atoms with Crippen molar-refractivity contribution in [2.24, 2.45) is 0 Å². The third-order valence-corrected chi connectivity index (χ3v) is 7.93. The summed E-state index contributed by atoms with van der Waals surface area (Å²) in [5.74, 6) is -0.921. The quantitative estimate of drug-likeness (QED) is 0.132. The predicted octanol–water partition coefficient (Wildman–Crippen LogP) is 6.88. The number of esters is 1. The van der Waals surface area contributed by atoms with Crippen molar-refractivity contribution >= 4 is 74.1 Å². The van der Waals surface area contributed by atoms with Gasteiger partial charge >= 0.3 is 5.97 Å².